The van der Waals surface area contributed by atoms with E-state index in [-0.39, 0.29) is 19.0 Å². The molecule has 0 unspecified atom stereocenters. The molecule has 0 spiro atoms. The molecule has 0 aliphatic carbocycles. The van der Waals surface area contributed by atoms with Crippen molar-refractivity contribution in [1.82, 2.24) is 0 Å². The van der Waals surface area contributed by atoms with E-state index in [0.717, 1.165) is 0 Å². The molecule has 0 saturated carbocycles. The van der Waals surface area contributed by atoms with Crippen LogP contribution in [0.15, 0.2) is 0 Å². The van der Waals surface area contributed by atoms with Crippen LogP contribution in [-0.2, 0) is 4.79 Å². The van der Waals surface area contributed by atoms with Crippen molar-refractivity contribution in [2.75, 3.05) is 13.2 Å². The SMILES string of the molecule is O=C(CO)CCCCO. The molecule has 0 aromatic rings. The quantitative estimate of drug-likeness (QED) is 0.505. The van der Waals surface area contributed by atoms with Crippen LogP contribution in [0.4, 0.5) is 0 Å². The van der Waals surface area contributed by atoms with Crippen molar-refractivity contribution in [3.8, 4) is 0 Å². The van der Waals surface area contributed by atoms with Gasteiger partial charge in [-0.25, -0.2) is 0 Å². The van der Waals surface area contributed by atoms with Gasteiger partial charge >= 0.3 is 0 Å². The Morgan fingerprint density at radius 2 is 1.89 bits per heavy atom. The van der Waals surface area contributed by atoms with Gasteiger partial charge in [-0.1, -0.05) is 0 Å². The molecule has 0 aliphatic rings. The maximum Gasteiger partial charge on any atom is 0.158 e. The number of rotatable bonds is 5. The van der Waals surface area contributed by atoms with E-state index in [1.165, 1.54) is 0 Å². The van der Waals surface area contributed by atoms with Crippen molar-refractivity contribution >= 4 is 5.78 Å². The fourth-order valence-corrected chi connectivity index (χ4v) is 0.513. The first-order chi connectivity index (χ1) is 4.31. The Bertz CT molecular complexity index is 80.4. The summed E-state index contributed by atoms with van der Waals surface area (Å²) in [5.74, 6) is -0.150. The molecule has 0 aliphatic heterocycles. The molecular formula is C6H12O3. The van der Waals surface area contributed by atoms with Crippen molar-refractivity contribution in [2.24, 2.45) is 0 Å². The summed E-state index contributed by atoms with van der Waals surface area (Å²) in [5.41, 5.74) is 0. The molecule has 3 heteroatoms. The average Bonchev–Trinajstić information content (AvgIpc) is 1.89. The summed E-state index contributed by atoms with van der Waals surface area (Å²) < 4.78 is 0. The van der Waals surface area contributed by atoms with Gasteiger partial charge < -0.3 is 10.2 Å². The van der Waals surface area contributed by atoms with Gasteiger partial charge in [-0.3, -0.25) is 4.79 Å². The normalized spacial score (nSPS) is 9.56. The van der Waals surface area contributed by atoms with Crippen molar-refractivity contribution in [3.05, 3.63) is 0 Å². The van der Waals surface area contributed by atoms with Gasteiger partial charge in [0.15, 0.2) is 5.78 Å². The lowest BCUT2D eigenvalue weighted by Crippen LogP contribution is -2.02. The van der Waals surface area contributed by atoms with E-state index >= 15 is 0 Å². The lowest BCUT2D eigenvalue weighted by Gasteiger charge is -1.93. The highest BCUT2D eigenvalue weighted by Gasteiger charge is 1.96. The molecule has 0 saturated heterocycles. The highest BCUT2D eigenvalue weighted by molar-refractivity contribution is 5.79. The van der Waals surface area contributed by atoms with Gasteiger partial charge in [0.1, 0.15) is 6.61 Å². The van der Waals surface area contributed by atoms with Gasteiger partial charge in [0, 0.05) is 13.0 Å². The van der Waals surface area contributed by atoms with Crippen LogP contribution in [0, 0.1) is 0 Å². The zero-order chi connectivity index (χ0) is 7.11. The van der Waals surface area contributed by atoms with Crippen LogP contribution in [-0.4, -0.2) is 29.2 Å². The van der Waals surface area contributed by atoms with Crippen LogP contribution < -0.4 is 0 Å². The lowest BCUT2D eigenvalue weighted by atomic mass is 10.2. The molecular weight excluding hydrogens is 120 g/mol. The summed E-state index contributed by atoms with van der Waals surface area (Å²) in [6, 6.07) is 0. The molecule has 0 heterocycles. The minimum atomic E-state index is -0.370. The second-order valence-corrected chi connectivity index (χ2v) is 1.88. The van der Waals surface area contributed by atoms with E-state index in [1.54, 1.807) is 0 Å². The fourth-order valence-electron chi connectivity index (χ4n) is 0.513. The molecule has 0 fully saturated rings. The first kappa shape index (κ1) is 8.59. The van der Waals surface area contributed by atoms with Crippen LogP contribution in [0.25, 0.3) is 0 Å². The zero-order valence-electron chi connectivity index (χ0n) is 5.34. The van der Waals surface area contributed by atoms with Crippen LogP contribution in [0.2, 0.25) is 0 Å². The number of hydrogen-bond acceptors (Lipinski definition) is 3. The Kier molecular flexibility index (Phi) is 5.46. The number of unbranched alkanes of at least 4 members (excludes halogenated alkanes) is 1. The smallest absolute Gasteiger partial charge is 0.158 e. The first-order valence-corrected chi connectivity index (χ1v) is 3.04. The van der Waals surface area contributed by atoms with Gasteiger partial charge in [-0.2, -0.15) is 0 Å². The Morgan fingerprint density at radius 3 is 2.33 bits per heavy atom. The third-order valence-electron chi connectivity index (χ3n) is 1.04. The predicted octanol–water partition coefficient (Wildman–Crippen LogP) is -0.290. The van der Waals surface area contributed by atoms with E-state index in [4.69, 9.17) is 10.2 Å². The van der Waals surface area contributed by atoms with E-state index in [9.17, 15) is 4.79 Å². The number of carbonyl (C=O) groups excluding carboxylic acids is 1. The number of Topliss-reactive ketones (excluding diaryl/α,β-unsaturated/α-hetero) is 1. The Hall–Kier alpha value is -0.410. The number of carbonyl (C=O) groups is 1. The summed E-state index contributed by atoms with van der Waals surface area (Å²) in [4.78, 5) is 10.4. The van der Waals surface area contributed by atoms with E-state index in [2.05, 4.69) is 0 Å². The van der Waals surface area contributed by atoms with Crippen LogP contribution in [0.3, 0.4) is 0 Å². The summed E-state index contributed by atoms with van der Waals surface area (Å²) in [5, 5.41) is 16.5. The summed E-state index contributed by atoms with van der Waals surface area (Å²) >= 11 is 0. The Balaban J connectivity index is 2.97. The van der Waals surface area contributed by atoms with Gasteiger partial charge in [0.2, 0.25) is 0 Å². The molecule has 9 heavy (non-hydrogen) atoms. The fraction of sp³-hybridized carbons (Fsp3) is 0.833. The second-order valence-electron chi connectivity index (χ2n) is 1.88. The van der Waals surface area contributed by atoms with E-state index < -0.39 is 0 Å². The number of aliphatic hydroxyl groups is 2. The number of aliphatic hydroxyl groups excluding tert-OH is 2. The largest absolute Gasteiger partial charge is 0.396 e. The third-order valence-corrected chi connectivity index (χ3v) is 1.04. The number of ketones is 1. The summed E-state index contributed by atoms with van der Waals surface area (Å²) in [6.45, 7) is -0.246. The van der Waals surface area contributed by atoms with Gasteiger partial charge in [-0.05, 0) is 12.8 Å². The van der Waals surface area contributed by atoms with Gasteiger partial charge in [-0.15, -0.1) is 0 Å². The van der Waals surface area contributed by atoms with Crippen molar-refractivity contribution < 1.29 is 15.0 Å². The average molecular weight is 132 g/mol. The van der Waals surface area contributed by atoms with Crippen LogP contribution in [0.1, 0.15) is 19.3 Å². The van der Waals surface area contributed by atoms with Gasteiger partial charge in [0.05, 0.1) is 0 Å². The van der Waals surface area contributed by atoms with Crippen LogP contribution >= 0.6 is 0 Å². The molecule has 0 rings (SSSR count). The zero-order valence-corrected chi connectivity index (χ0v) is 5.34. The Morgan fingerprint density at radius 1 is 1.22 bits per heavy atom. The molecule has 0 amide bonds. The third kappa shape index (κ3) is 5.46. The molecule has 2 N–H and O–H groups in total. The Labute approximate surface area is 54.3 Å². The standard InChI is InChI=1S/C6H12O3/c7-4-2-1-3-6(9)5-8/h7-8H,1-5H2. The molecule has 0 aromatic carbocycles. The predicted molar refractivity (Wildman–Crippen MR) is 33.0 cm³/mol. The van der Waals surface area contributed by atoms with Crippen molar-refractivity contribution in [3.63, 3.8) is 0 Å². The minimum absolute atomic E-state index is 0.124. The molecule has 0 atom stereocenters. The molecule has 3 nitrogen and oxygen atoms in total. The van der Waals surface area contributed by atoms with Crippen molar-refractivity contribution in [2.45, 2.75) is 19.3 Å². The lowest BCUT2D eigenvalue weighted by molar-refractivity contribution is -0.121. The van der Waals surface area contributed by atoms with Crippen molar-refractivity contribution in [1.29, 1.82) is 0 Å². The molecule has 0 aromatic heterocycles. The molecule has 54 valence electrons. The minimum Gasteiger partial charge on any atom is -0.396 e. The highest BCUT2D eigenvalue weighted by atomic mass is 16.3. The summed E-state index contributed by atoms with van der Waals surface area (Å²) in [7, 11) is 0. The maximum absolute atomic E-state index is 10.4. The van der Waals surface area contributed by atoms with Crippen LogP contribution in [0.5, 0.6) is 0 Å². The van der Waals surface area contributed by atoms with E-state index in [1.807, 2.05) is 0 Å². The topological polar surface area (TPSA) is 57.5 Å². The monoisotopic (exact) mass is 132 g/mol. The molecule has 0 bridgehead atoms. The molecule has 0 radical (unpaired) electrons. The van der Waals surface area contributed by atoms with Gasteiger partial charge in [0.25, 0.3) is 0 Å². The second kappa shape index (κ2) is 5.72. The first-order valence-electron chi connectivity index (χ1n) is 3.04. The van der Waals surface area contributed by atoms with E-state index in [0.29, 0.717) is 19.3 Å². The highest BCUT2D eigenvalue weighted by Crippen LogP contribution is 1.93. The maximum atomic E-state index is 10.4. The number of hydrogen-bond donors (Lipinski definition) is 2. The summed E-state index contributed by atoms with van der Waals surface area (Å²) in [6.07, 6.45) is 1.71.